The second kappa shape index (κ2) is 7.28. The van der Waals surface area contributed by atoms with E-state index >= 15 is 0 Å². The third kappa shape index (κ3) is 4.33. The molecule has 0 radical (unpaired) electrons. The van der Waals surface area contributed by atoms with Crippen molar-refractivity contribution in [1.82, 2.24) is 4.90 Å². The van der Waals surface area contributed by atoms with Crippen molar-refractivity contribution in [2.45, 2.75) is 0 Å². The Bertz CT molecular complexity index is 772. The lowest BCUT2D eigenvalue weighted by atomic mass is 10.0. The summed E-state index contributed by atoms with van der Waals surface area (Å²) >= 11 is 0. The second-order valence-corrected chi connectivity index (χ2v) is 5.33. The Balaban J connectivity index is 2.19. The van der Waals surface area contributed by atoms with Crippen molar-refractivity contribution in [3.8, 4) is 11.1 Å². The van der Waals surface area contributed by atoms with Crippen molar-refractivity contribution in [3.05, 3.63) is 54.1 Å². The monoisotopic (exact) mass is 324 g/mol. The Hall–Kier alpha value is -3.35. The van der Waals surface area contributed by atoms with Gasteiger partial charge >= 0.3 is 0 Å². The number of aliphatic imine (C=N–C) groups is 2. The molecule has 2 rings (SSSR count). The number of carbonyl (C=O) groups is 1. The van der Waals surface area contributed by atoms with Crippen LogP contribution in [0.5, 0.6) is 0 Å². The van der Waals surface area contributed by atoms with Crippen LogP contribution < -0.4 is 17.2 Å². The fraction of sp³-hybridized carbons (Fsp3) is 0.118. The van der Waals surface area contributed by atoms with Gasteiger partial charge in [-0.05, 0) is 35.4 Å². The largest absolute Gasteiger partial charge is 0.370 e. The molecule has 0 saturated heterocycles. The lowest BCUT2D eigenvalue weighted by Crippen LogP contribution is -2.26. The molecule has 6 N–H and O–H groups in total. The van der Waals surface area contributed by atoms with Crippen LogP contribution in [0.3, 0.4) is 0 Å². The van der Waals surface area contributed by atoms with Gasteiger partial charge in [0.2, 0.25) is 5.96 Å². The van der Waals surface area contributed by atoms with Crippen molar-refractivity contribution >= 4 is 23.5 Å². The van der Waals surface area contributed by atoms with E-state index in [9.17, 15) is 4.79 Å². The van der Waals surface area contributed by atoms with Gasteiger partial charge in [-0.1, -0.05) is 24.3 Å². The zero-order valence-electron chi connectivity index (χ0n) is 13.6. The van der Waals surface area contributed by atoms with Crippen LogP contribution in [0.1, 0.15) is 10.4 Å². The zero-order chi connectivity index (χ0) is 17.7. The van der Waals surface area contributed by atoms with Gasteiger partial charge in [0.05, 0.1) is 5.69 Å². The number of hydrogen-bond acceptors (Lipinski definition) is 2. The highest BCUT2D eigenvalue weighted by atomic mass is 16.2. The number of guanidine groups is 2. The number of benzene rings is 2. The van der Waals surface area contributed by atoms with Crippen LogP contribution in [0, 0.1) is 0 Å². The first-order valence-corrected chi connectivity index (χ1v) is 7.23. The number of hydrogen-bond donors (Lipinski definition) is 3. The molecular weight excluding hydrogens is 304 g/mol. The number of amides is 1. The minimum absolute atomic E-state index is 0.00528. The highest BCUT2D eigenvalue weighted by Gasteiger charge is 2.07. The highest BCUT2D eigenvalue weighted by molar-refractivity contribution is 5.94. The molecule has 2 aromatic carbocycles. The van der Waals surface area contributed by atoms with Crippen molar-refractivity contribution in [1.29, 1.82) is 0 Å². The van der Waals surface area contributed by atoms with Crippen molar-refractivity contribution in [3.63, 3.8) is 0 Å². The summed E-state index contributed by atoms with van der Waals surface area (Å²) in [6.45, 7) is 0. The van der Waals surface area contributed by atoms with Crippen LogP contribution >= 0.6 is 0 Å². The molecule has 124 valence electrons. The summed E-state index contributed by atoms with van der Waals surface area (Å²) in [5.74, 6) is -0.170. The van der Waals surface area contributed by atoms with Crippen LogP contribution in [-0.2, 0) is 0 Å². The summed E-state index contributed by atoms with van der Waals surface area (Å²) in [6.07, 6.45) is 0. The van der Waals surface area contributed by atoms with Gasteiger partial charge in [-0.25, -0.2) is 4.99 Å². The first-order chi connectivity index (χ1) is 11.4. The van der Waals surface area contributed by atoms with Gasteiger partial charge in [0.1, 0.15) is 0 Å². The molecule has 7 nitrogen and oxygen atoms in total. The first-order valence-electron chi connectivity index (χ1n) is 7.23. The third-order valence-corrected chi connectivity index (χ3v) is 3.23. The molecule has 0 bridgehead atoms. The van der Waals surface area contributed by atoms with E-state index in [0.29, 0.717) is 11.3 Å². The standard InChI is InChI=1S/C17H20N6O/c1-23(2)15(24)13-5-3-11(4-6-13)12-7-9-14(10-8-12)21-17(20)22-16(18)19/h3-10H,1-2H3,(H6,18,19,20,21,22). The average molecular weight is 324 g/mol. The van der Waals surface area contributed by atoms with E-state index in [1.54, 1.807) is 31.1 Å². The normalized spacial score (nSPS) is 11.0. The summed E-state index contributed by atoms with van der Waals surface area (Å²) in [4.78, 5) is 21.2. The maximum atomic E-state index is 11.9. The van der Waals surface area contributed by atoms with Crippen LogP contribution in [0.2, 0.25) is 0 Å². The van der Waals surface area contributed by atoms with E-state index < -0.39 is 0 Å². The molecule has 7 heteroatoms. The van der Waals surface area contributed by atoms with Crippen molar-refractivity contribution in [2.75, 3.05) is 14.1 Å². The summed E-state index contributed by atoms with van der Waals surface area (Å²) in [6, 6.07) is 14.9. The minimum atomic E-state index is -0.139. The molecule has 0 aromatic heterocycles. The quantitative estimate of drug-likeness (QED) is 0.581. The molecule has 0 aliphatic rings. The molecule has 0 spiro atoms. The Labute approximate surface area is 140 Å². The topological polar surface area (TPSA) is 123 Å². The molecule has 2 aromatic rings. The lowest BCUT2D eigenvalue weighted by molar-refractivity contribution is 0.0827. The van der Waals surface area contributed by atoms with Gasteiger partial charge in [-0.2, -0.15) is 4.99 Å². The second-order valence-electron chi connectivity index (χ2n) is 5.33. The van der Waals surface area contributed by atoms with E-state index in [0.717, 1.165) is 11.1 Å². The molecule has 0 unspecified atom stereocenters. The molecule has 0 heterocycles. The van der Waals surface area contributed by atoms with E-state index in [2.05, 4.69) is 9.98 Å². The smallest absolute Gasteiger partial charge is 0.253 e. The van der Waals surface area contributed by atoms with Crippen LogP contribution in [0.25, 0.3) is 11.1 Å². The van der Waals surface area contributed by atoms with E-state index in [1.807, 2.05) is 36.4 Å². The van der Waals surface area contributed by atoms with Gasteiger partial charge in [-0.15, -0.1) is 0 Å². The van der Waals surface area contributed by atoms with Gasteiger partial charge < -0.3 is 22.1 Å². The third-order valence-electron chi connectivity index (χ3n) is 3.23. The number of nitrogens with two attached hydrogens (primary N) is 3. The van der Waals surface area contributed by atoms with Gasteiger partial charge in [-0.3, -0.25) is 4.79 Å². The molecule has 0 aliphatic heterocycles. The predicted molar refractivity (Wildman–Crippen MR) is 97.0 cm³/mol. The van der Waals surface area contributed by atoms with Crippen molar-refractivity contribution in [2.24, 2.45) is 27.2 Å². The van der Waals surface area contributed by atoms with Crippen LogP contribution in [-0.4, -0.2) is 36.8 Å². The van der Waals surface area contributed by atoms with Crippen molar-refractivity contribution < 1.29 is 4.79 Å². The number of carbonyl (C=O) groups excluding carboxylic acids is 1. The number of nitrogens with zero attached hydrogens (tertiary/aromatic N) is 3. The summed E-state index contributed by atoms with van der Waals surface area (Å²) in [5, 5.41) is 0. The van der Waals surface area contributed by atoms with Gasteiger partial charge in [0, 0.05) is 19.7 Å². The molecular formula is C17H20N6O. The molecule has 0 saturated carbocycles. The van der Waals surface area contributed by atoms with Gasteiger partial charge in [0.15, 0.2) is 5.96 Å². The summed E-state index contributed by atoms with van der Waals surface area (Å²) in [7, 11) is 3.45. The lowest BCUT2D eigenvalue weighted by Gasteiger charge is -2.10. The van der Waals surface area contributed by atoms with E-state index in [4.69, 9.17) is 17.2 Å². The Morgan fingerprint density at radius 1 is 0.875 bits per heavy atom. The minimum Gasteiger partial charge on any atom is -0.370 e. The maximum Gasteiger partial charge on any atom is 0.253 e. The predicted octanol–water partition coefficient (Wildman–Crippen LogP) is 1.28. The highest BCUT2D eigenvalue weighted by Crippen LogP contribution is 2.23. The molecule has 0 fully saturated rings. The van der Waals surface area contributed by atoms with E-state index in [1.165, 1.54) is 0 Å². The van der Waals surface area contributed by atoms with Crippen LogP contribution in [0.15, 0.2) is 58.5 Å². The van der Waals surface area contributed by atoms with E-state index in [-0.39, 0.29) is 17.8 Å². The summed E-state index contributed by atoms with van der Waals surface area (Å²) < 4.78 is 0. The van der Waals surface area contributed by atoms with Gasteiger partial charge in [0.25, 0.3) is 5.91 Å². The SMILES string of the molecule is CN(C)C(=O)c1ccc(-c2ccc(N=C(N)N=C(N)N)cc2)cc1. The first kappa shape index (κ1) is 17.0. The Morgan fingerprint density at radius 2 is 1.38 bits per heavy atom. The fourth-order valence-corrected chi connectivity index (χ4v) is 2.08. The zero-order valence-corrected chi connectivity index (χ0v) is 13.6. The average Bonchev–Trinajstić information content (AvgIpc) is 2.54. The molecule has 24 heavy (non-hydrogen) atoms. The molecule has 0 atom stereocenters. The maximum absolute atomic E-state index is 11.9. The van der Waals surface area contributed by atoms with Crippen LogP contribution in [0.4, 0.5) is 5.69 Å². The summed E-state index contributed by atoms with van der Waals surface area (Å²) in [5.41, 5.74) is 19.4. The Kier molecular flexibility index (Phi) is 5.16. The fourth-order valence-electron chi connectivity index (χ4n) is 2.08. The Morgan fingerprint density at radius 3 is 1.83 bits per heavy atom. The molecule has 0 aliphatic carbocycles. The molecule has 1 amide bonds. The number of rotatable bonds is 3.